The van der Waals surface area contributed by atoms with Gasteiger partial charge in [-0.1, -0.05) is 5.16 Å². The summed E-state index contributed by atoms with van der Waals surface area (Å²) in [5.74, 6) is 1.00. The fourth-order valence-electron chi connectivity index (χ4n) is 6.24. The van der Waals surface area contributed by atoms with Crippen LogP contribution in [0.2, 0.25) is 0 Å². The van der Waals surface area contributed by atoms with Crippen LogP contribution in [-0.2, 0) is 10.2 Å². The van der Waals surface area contributed by atoms with Gasteiger partial charge in [-0.2, -0.15) is 17.0 Å². The molecule has 1 aromatic rings. The lowest BCUT2D eigenvalue weighted by molar-refractivity contribution is 0.0892. The zero-order chi connectivity index (χ0) is 21.3. The number of piperazine rings is 1. The Morgan fingerprint density at radius 3 is 2.26 bits per heavy atom. The van der Waals surface area contributed by atoms with E-state index in [0.29, 0.717) is 49.6 Å². The summed E-state index contributed by atoms with van der Waals surface area (Å²) < 4.78 is 36.0. The average Bonchev–Trinajstić information content (AvgIpc) is 3.35. The summed E-state index contributed by atoms with van der Waals surface area (Å²) in [5, 5.41) is 7.02. The van der Waals surface area contributed by atoms with E-state index in [-0.39, 0.29) is 24.0 Å². The summed E-state index contributed by atoms with van der Waals surface area (Å²) in [7, 11) is -1.36. The Kier molecular flexibility index (Phi) is 4.72. The SMILES string of the molecule is CN1C2CCC1CN(S(=O)(=O)N1[C@@H]3CC[C@H]1CC(NC(=O)c1cc(C4CC4)on1)C3)C2. The number of likely N-dealkylation sites (N-methyl/N-ethyl adjacent to an activating group) is 1. The van der Waals surface area contributed by atoms with E-state index < -0.39 is 10.2 Å². The Labute approximate surface area is 183 Å². The van der Waals surface area contributed by atoms with Crippen LogP contribution in [0.15, 0.2) is 10.6 Å². The lowest BCUT2D eigenvalue weighted by atomic mass is 9.99. The van der Waals surface area contributed by atoms with Gasteiger partial charge in [0.1, 0.15) is 5.76 Å². The van der Waals surface area contributed by atoms with E-state index in [2.05, 4.69) is 22.4 Å². The molecule has 0 aromatic carbocycles. The van der Waals surface area contributed by atoms with Gasteiger partial charge in [-0.25, -0.2) is 0 Å². The minimum atomic E-state index is -3.47. The third-order valence-electron chi connectivity index (χ3n) is 8.15. The topological polar surface area (TPSA) is 99.0 Å². The molecule has 0 radical (unpaired) electrons. The Morgan fingerprint density at radius 1 is 1.03 bits per heavy atom. The van der Waals surface area contributed by atoms with E-state index in [1.165, 1.54) is 0 Å². The van der Waals surface area contributed by atoms with Gasteiger partial charge in [0.25, 0.3) is 16.1 Å². The van der Waals surface area contributed by atoms with E-state index in [9.17, 15) is 13.2 Å². The molecule has 5 atom stereocenters. The van der Waals surface area contributed by atoms with Crippen LogP contribution in [0.3, 0.4) is 0 Å². The highest BCUT2D eigenvalue weighted by Gasteiger charge is 2.51. The first kappa shape index (κ1) is 20.1. The third-order valence-corrected chi connectivity index (χ3v) is 10.2. The van der Waals surface area contributed by atoms with Crippen LogP contribution in [-0.4, -0.2) is 83.3 Å². The molecule has 3 unspecified atom stereocenters. The first-order valence-electron chi connectivity index (χ1n) is 11.7. The van der Waals surface area contributed by atoms with Crippen LogP contribution in [0, 0.1) is 0 Å². The van der Waals surface area contributed by atoms with Crippen LogP contribution in [0.5, 0.6) is 0 Å². The van der Waals surface area contributed by atoms with Gasteiger partial charge in [0, 0.05) is 55.3 Å². The predicted molar refractivity (Wildman–Crippen MR) is 113 cm³/mol. The maximum Gasteiger partial charge on any atom is 0.282 e. The Bertz CT molecular complexity index is 948. The molecule has 5 aliphatic rings. The fraction of sp³-hybridized carbons (Fsp3) is 0.810. The van der Waals surface area contributed by atoms with Crippen molar-refractivity contribution in [1.29, 1.82) is 0 Å². The summed E-state index contributed by atoms with van der Waals surface area (Å²) >= 11 is 0. The molecule has 4 bridgehead atoms. The van der Waals surface area contributed by atoms with Crippen LogP contribution in [0.1, 0.15) is 73.5 Å². The molecule has 1 aliphatic carbocycles. The minimum absolute atomic E-state index is 0.0267. The highest BCUT2D eigenvalue weighted by atomic mass is 32.2. The second-order valence-electron chi connectivity index (χ2n) is 10.1. The van der Waals surface area contributed by atoms with Crippen LogP contribution >= 0.6 is 0 Å². The molecule has 4 saturated heterocycles. The number of carbonyl (C=O) groups is 1. The maximum absolute atomic E-state index is 13.6. The van der Waals surface area contributed by atoms with E-state index in [1.807, 2.05) is 0 Å². The number of rotatable bonds is 5. The highest BCUT2D eigenvalue weighted by molar-refractivity contribution is 7.86. The Balaban J connectivity index is 1.12. The molecular formula is C21H31N5O4S. The van der Waals surface area contributed by atoms with Gasteiger partial charge in [-0.05, 0) is 58.4 Å². The lowest BCUT2D eigenvalue weighted by Crippen LogP contribution is -2.60. The zero-order valence-electron chi connectivity index (χ0n) is 17.9. The van der Waals surface area contributed by atoms with Gasteiger partial charge < -0.3 is 9.84 Å². The summed E-state index contributed by atoms with van der Waals surface area (Å²) in [4.78, 5) is 15.0. The molecule has 170 valence electrons. The smallest absolute Gasteiger partial charge is 0.282 e. The largest absolute Gasteiger partial charge is 0.360 e. The quantitative estimate of drug-likeness (QED) is 0.728. The molecule has 6 rings (SSSR count). The Hall–Kier alpha value is -1.49. The number of fused-ring (bicyclic) bond motifs is 4. The number of piperidine rings is 1. The van der Waals surface area contributed by atoms with Crippen molar-refractivity contribution < 1.29 is 17.7 Å². The first-order valence-corrected chi connectivity index (χ1v) is 13.1. The van der Waals surface area contributed by atoms with Gasteiger partial charge in [-0.15, -0.1) is 0 Å². The van der Waals surface area contributed by atoms with E-state index in [1.54, 1.807) is 14.7 Å². The lowest BCUT2D eigenvalue weighted by Gasteiger charge is -2.44. The minimum Gasteiger partial charge on any atom is -0.360 e. The van der Waals surface area contributed by atoms with Gasteiger partial charge >= 0.3 is 0 Å². The van der Waals surface area contributed by atoms with Crippen molar-refractivity contribution in [3.8, 4) is 0 Å². The van der Waals surface area contributed by atoms with Crippen LogP contribution < -0.4 is 5.32 Å². The second-order valence-corrected chi connectivity index (χ2v) is 12.0. The standard InChI is InChI=1S/C21H31N5O4S/c1-24-17-6-7-18(24)12-25(11-17)31(28,29)26-15-4-5-16(26)9-14(8-15)22-21(27)19-10-20(30-23-19)13-2-3-13/h10,13-18H,2-9,11-12H2,1H3,(H,22,27)/t14?,15-,16+,17?,18?. The summed E-state index contributed by atoms with van der Waals surface area (Å²) in [6.07, 6.45) is 7.42. The van der Waals surface area contributed by atoms with Crippen molar-refractivity contribution in [2.45, 2.75) is 87.5 Å². The number of carbonyl (C=O) groups excluding carboxylic acids is 1. The molecule has 31 heavy (non-hydrogen) atoms. The van der Waals surface area contributed by atoms with E-state index in [4.69, 9.17) is 4.52 Å². The van der Waals surface area contributed by atoms with Crippen molar-refractivity contribution in [2.24, 2.45) is 0 Å². The molecule has 1 amide bonds. The van der Waals surface area contributed by atoms with Gasteiger partial charge in [0.2, 0.25) is 0 Å². The average molecular weight is 450 g/mol. The highest BCUT2D eigenvalue weighted by Crippen LogP contribution is 2.41. The second kappa shape index (κ2) is 7.26. The predicted octanol–water partition coefficient (Wildman–Crippen LogP) is 1.30. The number of nitrogens with zero attached hydrogens (tertiary/aromatic N) is 4. The number of hydrogen-bond donors (Lipinski definition) is 1. The fourth-order valence-corrected chi connectivity index (χ4v) is 8.37. The monoisotopic (exact) mass is 449 g/mol. The van der Waals surface area contributed by atoms with E-state index >= 15 is 0 Å². The Morgan fingerprint density at radius 2 is 1.65 bits per heavy atom. The normalized spacial score (nSPS) is 36.7. The first-order chi connectivity index (χ1) is 14.9. The molecule has 1 saturated carbocycles. The number of amides is 1. The molecule has 9 nitrogen and oxygen atoms in total. The summed E-state index contributed by atoms with van der Waals surface area (Å²) in [6.45, 7) is 1.20. The maximum atomic E-state index is 13.6. The van der Waals surface area contributed by atoms with Crippen LogP contribution in [0.25, 0.3) is 0 Å². The number of nitrogens with one attached hydrogen (secondary N) is 1. The van der Waals surface area contributed by atoms with Gasteiger partial charge in [-0.3, -0.25) is 9.69 Å². The molecule has 0 spiro atoms. The molecule has 10 heteroatoms. The van der Waals surface area contributed by atoms with Crippen molar-refractivity contribution in [2.75, 3.05) is 20.1 Å². The molecule has 1 aromatic heterocycles. The van der Waals surface area contributed by atoms with Gasteiger partial charge in [0.15, 0.2) is 5.69 Å². The van der Waals surface area contributed by atoms with Crippen molar-refractivity contribution in [3.05, 3.63) is 17.5 Å². The van der Waals surface area contributed by atoms with Gasteiger partial charge in [0.05, 0.1) is 0 Å². The summed E-state index contributed by atoms with van der Waals surface area (Å²) in [5.41, 5.74) is 0.331. The van der Waals surface area contributed by atoms with Crippen molar-refractivity contribution in [1.82, 2.24) is 24.0 Å². The summed E-state index contributed by atoms with van der Waals surface area (Å²) in [6, 6.07) is 2.33. The van der Waals surface area contributed by atoms with E-state index in [0.717, 1.165) is 44.3 Å². The zero-order valence-corrected chi connectivity index (χ0v) is 18.8. The number of hydrogen-bond acceptors (Lipinski definition) is 6. The molecule has 4 aliphatic heterocycles. The molecule has 5 heterocycles. The molecular weight excluding hydrogens is 418 g/mol. The number of aromatic nitrogens is 1. The molecule has 5 fully saturated rings. The van der Waals surface area contributed by atoms with Crippen molar-refractivity contribution in [3.63, 3.8) is 0 Å². The third kappa shape index (κ3) is 3.42. The van der Waals surface area contributed by atoms with Crippen molar-refractivity contribution >= 4 is 16.1 Å². The van der Waals surface area contributed by atoms with Crippen LogP contribution in [0.4, 0.5) is 0 Å². The molecule has 1 N–H and O–H groups in total.